The summed E-state index contributed by atoms with van der Waals surface area (Å²) >= 11 is 0. The Morgan fingerprint density at radius 2 is 2.21 bits per heavy atom. The summed E-state index contributed by atoms with van der Waals surface area (Å²) < 4.78 is 0. The molecule has 0 radical (unpaired) electrons. The van der Waals surface area contributed by atoms with Crippen molar-refractivity contribution in [1.29, 1.82) is 5.26 Å². The van der Waals surface area contributed by atoms with Gasteiger partial charge >= 0.3 is 0 Å². The standard InChI is InChI=1S/C11H17N3/c1-9-7-14(13)11(6-12)5-8(9)3-4-10(9,11)2/h8H,3-5,7,13H2,1-2H3/t8-,9-,10+,11+/m0/s1. The van der Waals surface area contributed by atoms with Crippen molar-refractivity contribution < 1.29 is 0 Å². The number of piperidine rings is 1. The molecule has 0 aromatic heterocycles. The highest BCUT2D eigenvalue weighted by atomic mass is 15.5. The van der Waals surface area contributed by atoms with Crippen molar-refractivity contribution in [3.8, 4) is 6.07 Å². The van der Waals surface area contributed by atoms with Crippen LogP contribution in [0.4, 0.5) is 0 Å². The Balaban J connectivity index is 2.23. The lowest BCUT2D eigenvalue weighted by Crippen LogP contribution is -2.55. The third-order valence-corrected chi connectivity index (χ3v) is 5.78. The molecule has 1 aliphatic heterocycles. The van der Waals surface area contributed by atoms with E-state index in [0.29, 0.717) is 0 Å². The molecule has 3 aliphatic rings. The molecule has 4 bridgehead atoms. The number of nitrogens with zero attached hydrogens (tertiary/aromatic N) is 2. The minimum atomic E-state index is -0.356. The number of hydrogen-bond acceptors (Lipinski definition) is 3. The van der Waals surface area contributed by atoms with Crippen LogP contribution in [0.15, 0.2) is 0 Å². The summed E-state index contributed by atoms with van der Waals surface area (Å²) in [6, 6.07) is 2.52. The maximum Gasteiger partial charge on any atom is 0.127 e. The first-order valence-corrected chi connectivity index (χ1v) is 5.44. The third kappa shape index (κ3) is 0.528. The summed E-state index contributed by atoms with van der Waals surface area (Å²) in [7, 11) is 0. The summed E-state index contributed by atoms with van der Waals surface area (Å²) in [4.78, 5) is 0. The van der Waals surface area contributed by atoms with E-state index in [4.69, 9.17) is 5.84 Å². The molecule has 4 atom stereocenters. The van der Waals surface area contributed by atoms with Crippen molar-refractivity contribution >= 4 is 0 Å². The Morgan fingerprint density at radius 1 is 1.50 bits per heavy atom. The van der Waals surface area contributed by atoms with Gasteiger partial charge in [-0.2, -0.15) is 5.26 Å². The van der Waals surface area contributed by atoms with Crippen LogP contribution in [0.25, 0.3) is 0 Å². The monoisotopic (exact) mass is 191 g/mol. The van der Waals surface area contributed by atoms with Crippen LogP contribution in [-0.4, -0.2) is 17.1 Å². The van der Waals surface area contributed by atoms with E-state index in [-0.39, 0.29) is 16.4 Å². The van der Waals surface area contributed by atoms with E-state index in [1.807, 2.05) is 5.01 Å². The number of hydrogen-bond donors (Lipinski definition) is 1. The van der Waals surface area contributed by atoms with Crippen LogP contribution >= 0.6 is 0 Å². The van der Waals surface area contributed by atoms with Crippen molar-refractivity contribution in [1.82, 2.24) is 5.01 Å². The highest BCUT2D eigenvalue weighted by Crippen LogP contribution is 2.74. The van der Waals surface area contributed by atoms with Gasteiger partial charge in [-0.05, 0) is 30.6 Å². The quantitative estimate of drug-likeness (QED) is 0.586. The Labute approximate surface area is 84.8 Å². The second-order valence-electron chi connectivity index (χ2n) is 5.79. The average molecular weight is 191 g/mol. The van der Waals surface area contributed by atoms with E-state index in [2.05, 4.69) is 19.9 Å². The molecule has 0 aromatic rings. The minimum absolute atomic E-state index is 0.133. The van der Waals surface area contributed by atoms with Gasteiger partial charge in [0.2, 0.25) is 0 Å². The Kier molecular flexibility index (Phi) is 1.24. The molecular formula is C11H17N3. The second-order valence-corrected chi connectivity index (χ2v) is 5.79. The molecule has 2 N–H and O–H groups in total. The van der Waals surface area contributed by atoms with E-state index in [9.17, 15) is 5.26 Å². The van der Waals surface area contributed by atoms with Gasteiger partial charge in [0.1, 0.15) is 5.54 Å². The third-order valence-electron chi connectivity index (χ3n) is 5.78. The van der Waals surface area contributed by atoms with Crippen molar-refractivity contribution in [2.75, 3.05) is 6.54 Å². The molecule has 0 spiro atoms. The fourth-order valence-corrected chi connectivity index (χ4v) is 4.57. The largest absolute Gasteiger partial charge is 0.267 e. The molecular weight excluding hydrogens is 174 g/mol. The summed E-state index contributed by atoms with van der Waals surface area (Å²) in [5, 5.41) is 11.3. The van der Waals surface area contributed by atoms with Gasteiger partial charge in [-0.25, -0.2) is 5.01 Å². The van der Waals surface area contributed by atoms with Gasteiger partial charge in [-0.3, -0.25) is 5.84 Å². The fourth-order valence-electron chi connectivity index (χ4n) is 4.57. The maximum absolute atomic E-state index is 9.44. The van der Waals surface area contributed by atoms with Crippen LogP contribution in [0.5, 0.6) is 0 Å². The van der Waals surface area contributed by atoms with Gasteiger partial charge in [-0.15, -0.1) is 0 Å². The van der Waals surface area contributed by atoms with Gasteiger partial charge in [0.05, 0.1) is 6.07 Å². The normalized spacial score (nSPS) is 60.6. The van der Waals surface area contributed by atoms with E-state index < -0.39 is 0 Å². The van der Waals surface area contributed by atoms with Crippen molar-refractivity contribution in [2.24, 2.45) is 22.6 Å². The summed E-state index contributed by atoms with van der Waals surface area (Å²) in [6.45, 7) is 5.51. The Hall–Kier alpha value is -0.590. The molecule has 2 aliphatic carbocycles. The van der Waals surface area contributed by atoms with Gasteiger partial charge < -0.3 is 0 Å². The Bertz CT molecular complexity index is 347. The van der Waals surface area contributed by atoms with Crippen LogP contribution in [0.2, 0.25) is 0 Å². The second kappa shape index (κ2) is 2.00. The van der Waals surface area contributed by atoms with Crippen LogP contribution < -0.4 is 5.84 Å². The average Bonchev–Trinajstić information content (AvgIpc) is 2.56. The molecule has 0 aromatic carbocycles. The van der Waals surface area contributed by atoms with Crippen LogP contribution in [-0.2, 0) is 0 Å². The zero-order chi connectivity index (χ0) is 10.2. The predicted molar refractivity (Wildman–Crippen MR) is 52.8 cm³/mol. The topological polar surface area (TPSA) is 53.0 Å². The van der Waals surface area contributed by atoms with E-state index >= 15 is 0 Å². The first-order chi connectivity index (χ1) is 6.50. The SMILES string of the molecule is C[C@]12CC[C@H]3C[C@]1(C#N)N(N)C[C@@]32C. The molecule has 3 nitrogen and oxygen atoms in total. The van der Waals surface area contributed by atoms with E-state index in [0.717, 1.165) is 18.9 Å². The number of hydrazine groups is 1. The lowest BCUT2D eigenvalue weighted by atomic mass is 9.66. The van der Waals surface area contributed by atoms with Crippen molar-refractivity contribution in [2.45, 2.75) is 38.6 Å². The van der Waals surface area contributed by atoms with Gasteiger partial charge in [-0.1, -0.05) is 13.8 Å². The number of rotatable bonds is 0. The predicted octanol–water partition coefficient (Wildman–Crippen LogP) is 1.26. The van der Waals surface area contributed by atoms with Crippen LogP contribution in [0.3, 0.4) is 0 Å². The molecule has 3 fully saturated rings. The number of nitrogens with two attached hydrogens (primary N) is 1. The van der Waals surface area contributed by atoms with Gasteiger partial charge in [0.25, 0.3) is 0 Å². The summed E-state index contributed by atoms with van der Waals surface area (Å²) in [5.41, 5.74) is 0.0658. The molecule has 3 rings (SSSR count). The van der Waals surface area contributed by atoms with Crippen LogP contribution in [0, 0.1) is 28.1 Å². The fraction of sp³-hybridized carbons (Fsp3) is 0.909. The molecule has 0 amide bonds. The number of nitriles is 1. The molecule has 1 heterocycles. The minimum Gasteiger partial charge on any atom is -0.267 e. The maximum atomic E-state index is 9.44. The molecule has 0 unspecified atom stereocenters. The summed E-state index contributed by atoms with van der Waals surface area (Å²) in [6.07, 6.45) is 3.46. The molecule has 2 saturated carbocycles. The zero-order valence-electron chi connectivity index (χ0n) is 8.88. The lowest BCUT2D eigenvalue weighted by molar-refractivity contribution is 0.0722. The first-order valence-electron chi connectivity index (χ1n) is 5.44. The molecule has 1 saturated heterocycles. The van der Waals surface area contributed by atoms with Gasteiger partial charge in [0.15, 0.2) is 0 Å². The van der Waals surface area contributed by atoms with Gasteiger partial charge in [0, 0.05) is 12.0 Å². The Morgan fingerprint density at radius 3 is 2.71 bits per heavy atom. The zero-order valence-corrected chi connectivity index (χ0v) is 8.88. The van der Waals surface area contributed by atoms with Crippen molar-refractivity contribution in [3.63, 3.8) is 0 Å². The summed E-state index contributed by atoms with van der Waals surface area (Å²) in [5.74, 6) is 6.76. The molecule has 76 valence electrons. The molecule has 3 heteroatoms. The molecule has 14 heavy (non-hydrogen) atoms. The highest BCUT2D eigenvalue weighted by molar-refractivity contribution is 5.34. The van der Waals surface area contributed by atoms with E-state index in [1.54, 1.807) is 0 Å². The highest BCUT2D eigenvalue weighted by Gasteiger charge is 2.77. The smallest absolute Gasteiger partial charge is 0.127 e. The lowest BCUT2D eigenvalue weighted by Gasteiger charge is -2.40. The van der Waals surface area contributed by atoms with E-state index in [1.165, 1.54) is 12.8 Å². The first kappa shape index (κ1) is 8.70. The van der Waals surface area contributed by atoms with Crippen molar-refractivity contribution in [3.05, 3.63) is 0 Å². The van der Waals surface area contributed by atoms with Crippen LogP contribution in [0.1, 0.15) is 33.1 Å².